The van der Waals surface area contributed by atoms with Crippen molar-refractivity contribution in [2.75, 3.05) is 18.5 Å². The Kier molecular flexibility index (Phi) is 3.94. The van der Waals surface area contributed by atoms with Crippen molar-refractivity contribution in [3.05, 3.63) is 39.0 Å². The van der Waals surface area contributed by atoms with Crippen molar-refractivity contribution in [2.24, 2.45) is 0 Å². The Hall–Kier alpha value is -1.20. The first-order chi connectivity index (χ1) is 9.31. The van der Waals surface area contributed by atoms with Gasteiger partial charge in [0.25, 0.3) is 0 Å². The zero-order valence-corrected chi connectivity index (χ0v) is 12.7. The zero-order chi connectivity index (χ0) is 13.1. The Morgan fingerprint density at radius 3 is 2.79 bits per heavy atom. The summed E-state index contributed by atoms with van der Waals surface area (Å²) in [6.07, 6.45) is 0.931. The van der Waals surface area contributed by atoms with Crippen LogP contribution in [0, 0.1) is 0 Å². The summed E-state index contributed by atoms with van der Waals surface area (Å²) < 4.78 is 12.4. The van der Waals surface area contributed by atoms with E-state index in [1.165, 1.54) is 5.56 Å². The van der Waals surface area contributed by atoms with E-state index in [0.29, 0.717) is 6.61 Å². The van der Waals surface area contributed by atoms with Crippen LogP contribution >= 0.6 is 27.3 Å². The maximum absolute atomic E-state index is 5.67. The largest absolute Gasteiger partial charge is 0.490 e. The summed E-state index contributed by atoms with van der Waals surface area (Å²) in [7, 11) is 0. The Morgan fingerprint density at radius 1 is 1.16 bits per heavy atom. The first-order valence-corrected chi connectivity index (χ1v) is 7.85. The Labute approximate surface area is 124 Å². The average Bonchev–Trinajstić information content (AvgIpc) is 2.70. The number of hydrogen-bond donors (Lipinski definition) is 1. The van der Waals surface area contributed by atoms with Gasteiger partial charge in [-0.3, -0.25) is 0 Å². The standard InChI is InChI=1S/C14H14BrNO2S/c15-14-6-10(9-19-14)8-16-11-2-3-12-13(7-11)18-5-1-4-17-12/h2-3,6-7,9,16H,1,4-5,8H2. The third-order valence-electron chi connectivity index (χ3n) is 2.87. The zero-order valence-electron chi connectivity index (χ0n) is 10.3. The molecule has 0 amide bonds. The summed E-state index contributed by atoms with van der Waals surface area (Å²) in [6.45, 7) is 2.25. The van der Waals surface area contributed by atoms with Gasteiger partial charge >= 0.3 is 0 Å². The van der Waals surface area contributed by atoms with Gasteiger partial charge in [-0.2, -0.15) is 0 Å². The number of ether oxygens (including phenoxy) is 2. The highest BCUT2D eigenvalue weighted by Crippen LogP contribution is 2.32. The van der Waals surface area contributed by atoms with Crippen molar-refractivity contribution in [1.29, 1.82) is 0 Å². The topological polar surface area (TPSA) is 30.5 Å². The van der Waals surface area contributed by atoms with Crippen molar-refractivity contribution in [3.8, 4) is 11.5 Å². The van der Waals surface area contributed by atoms with Gasteiger partial charge in [-0.05, 0) is 45.1 Å². The van der Waals surface area contributed by atoms with Gasteiger partial charge < -0.3 is 14.8 Å². The third-order valence-corrected chi connectivity index (χ3v) is 4.42. The minimum Gasteiger partial charge on any atom is -0.490 e. The molecule has 2 aromatic rings. The molecule has 1 N–H and O–H groups in total. The Bertz CT molecular complexity index is 570. The number of hydrogen-bond acceptors (Lipinski definition) is 4. The van der Waals surface area contributed by atoms with Crippen LogP contribution in [0.4, 0.5) is 5.69 Å². The molecule has 2 heterocycles. The molecule has 1 aliphatic heterocycles. The molecule has 1 aliphatic rings. The third kappa shape index (κ3) is 3.22. The van der Waals surface area contributed by atoms with Crippen LogP contribution < -0.4 is 14.8 Å². The number of benzene rings is 1. The summed E-state index contributed by atoms with van der Waals surface area (Å²) in [6, 6.07) is 8.12. The first-order valence-electron chi connectivity index (χ1n) is 6.18. The highest BCUT2D eigenvalue weighted by molar-refractivity contribution is 9.11. The molecule has 1 aromatic carbocycles. The predicted octanol–water partition coefficient (Wildman–Crippen LogP) is 4.28. The minimum absolute atomic E-state index is 0.716. The van der Waals surface area contributed by atoms with Crippen molar-refractivity contribution in [3.63, 3.8) is 0 Å². The van der Waals surface area contributed by atoms with Crippen LogP contribution in [0.15, 0.2) is 33.4 Å². The van der Waals surface area contributed by atoms with Crippen LogP contribution in [0.3, 0.4) is 0 Å². The molecule has 0 saturated carbocycles. The van der Waals surface area contributed by atoms with Crippen LogP contribution in [0.5, 0.6) is 11.5 Å². The van der Waals surface area contributed by atoms with E-state index in [0.717, 1.165) is 40.5 Å². The smallest absolute Gasteiger partial charge is 0.163 e. The van der Waals surface area contributed by atoms with E-state index >= 15 is 0 Å². The molecule has 0 unspecified atom stereocenters. The van der Waals surface area contributed by atoms with E-state index in [4.69, 9.17) is 9.47 Å². The van der Waals surface area contributed by atoms with Gasteiger partial charge in [0.15, 0.2) is 11.5 Å². The fourth-order valence-corrected chi connectivity index (χ4v) is 3.13. The molecule has 0 bridgehead atoms. The monoisotopic (exact) mass is 339 g/mol. The molecular formula is C14H14BrNO2S. The summed E-state index contributed by atoms with van der Waals surface area (Å²) in [4.78, 5) is 0. The lowest BCUT2D eigenvalue weighted by Gasteiger charge is -2.10. The van der Waals surface area contributed by atoms with Gasteiger partial charge in [0.2, 0.25) is 0 Å². The highest BCUT2D eigenvalue weighted by Gasteiger charge is 2.10. The van der Waals surface area contributed by atoms with Gasteiger partial charge in [0.1, 0.15) is 0 Å². The van der Waals surface area contributed by atoms with E-state index in [1.54, 1.807) is 11.3 Å². The number of fused-ring (bicyclic) bond motifs is 1. The lowest BCUT2D eigenvalue weighted by atomic mass is 10.2. The minimum atomic E-state index is 0.716. The predicted molar refractivity (Wildman–Crippen MR) is 81.4 cm³/mol. The fourth-order valence-electron chi connectivity index (χ4n) is 1.92. The first kappa shape index (κ1) is 12.8. The maximum Gasteiger partial charge on any atom is 0.163 e. The lowest BCUT2D eigenvalue weighted by Crippen LogP contribution is -1.99. The molecular weight excluding hydrogens is 326 g/mol. The van der Waals surface area contributed by atoms with Crippen molar-refractivity contribution in [1.82, 2.24) is 0 Å². The average molecular weight is 340 g/mol. The SMILES string of the molecule is Brc1cc(CNc2ccc3c(c2)OCCCO3)cs1. The molecule has 1 aromatic heterocycles. The lowest BCUT2D eigenvalue weighted by molar-refractivity contribution is 0.297. The van der Waals surface area contributed by atoms with Crippen molar-refractivity contribution in [2.45, 2.75) is 13.0 Å². The van der Waals surface area contributed by atoms with E-state index < -0.39 is 0 Å². The molecule has 3 rings (SSSR count). The molecule has 0 saturated heterocycles. The molecule has 0 atom stereocenters. The summed E-state index contributed by atoms with van der Waals surface area (Å²) >= 11 is 5.17. The van der Waals surface area contributed by atoms with Crippen LogP contribution in [-0.2, 0) is 6.54 Å². The number of thiophene rings is 1. The van der Waals surface area contributed by atoms with E-state index in [1.807, 2.05) is 18.2 Å². The second-order valence-electron chi connectivity index (χ2n) is 4.32. The van der Waals surface area contributed by atoms with Gasteiger partial charge in [0.05, 0.1) is 17.0 Å². The maximum atomic E-state index is 5.67. The Balaban J connectivity index is 1.69. The fraction of sp³-hybridized carbons (Fsp3) is 0.286. The van der Waals surface area contributed by atoms with Crippen LogP contribution in [0.25, 0.3) is 0 Å². The number of rotatable bonds is 3. The van der Waals surface area contributed by atoms with E-state index in [-0.39, 0.29) is 0 Å². The highest BCUT2D eigenvalue weighted by atomic mass is 79.9. The van der Waals surface area contributed by atoms with Crippen LogP contribution in [-0.4, -0.2) is 13.2 Å². The van der Waals surface area contributed by atoms with Gasteiger partial charge in [-0.25, -0.2) is 0 Å². The molecule has 5 heteroatoms. The number of nitrogens with one attached hydrogen (secondary N) is 1. The molecule has 0 aliphatic carbocycles. The second-order valence-corrected chi connectivity index (χ2v) is 6.62. The summed E-state index contributed by atoms with van der Waals surface area (Å²) in [5.41, 5.74) is 2.32. The molecule has 19 heavy (non-hydrogen) atoms. The van der Waals surface area contributed by atoms with Crippen molar-refractivity contribution >= 4 is 33.0 Å². The van der Waals surface area contributed by atoms with Gasteiger partial charge in [-0.15, -0.1) is 11.3 Å². The Morgan fingerprint density at radius 2 is 2.00 bits per heavy atom. The second kappa shape index (κ2) is 5.84. The van der Waals surface area contributed by atoms with Crippen LogP contribution in [0.2, 0.25) is 0 Å². The summed E-state index contributed by atoms with van der Waals surface area (Å²) in [5.74, 6) is 1.66. The van der Waals surface area contributed by atoms with Gasteiger partial charge in [0, 0.05) is 24.7 Å². The summed E-state index contributed by atoms with van der Waals surface area (Å²) in [5, 5.41) is 5.53. The van der Waals surface area contributed by atoms with E-state index in [2.05, 4.69) is 32.7 Å². The van der Waals surface area contributed by atoms with Crippen LogP contribution in [0.1, 0.15) is 12.0 Å². The normalized spacial score (nSPS) is 13.9. The van der Waals surface area contributed by atoms with Gasteiger partial charge in [-0.1, -0.05) is 0 Å². The van der Waals surface area contributed by atoms with E-state index in [9.17, 15) is 0 Å². The molecule has 0 radical (unpaired) electrons. The number of anilines is 1. The molecule has 0 fully saturated rings. The molecule has 100 valence electrons. The molecule has 3 nitrogen and oxygen atoms in total. The van der Waals surface area contributed by atoms with Crippen molar-refractivity contribution < 1.29 is 9.47 Å². The number of halogens is 1. The molecule has 0 spiro atoms. The quantitative estimate of drug-likeness (QED) is 0.904.